The minimum atomic E-state index is -4.00. The lowest BCUT2D eigenvalue weighted by atomic mass is 10.2. The molecule has 8 heteroatoms. The lowest BCUT2D eigenvalue weighted by Gasteiger charge is -2.15. The summed E-state index contributed by atoms with van der Waals surface area (Å²) >= 11 is 5.89. The molecule has 0 aliphatic carbocycles. The Balaban J connectivity index is 3.13. The first-order chi connectivity index (χ1) is 9.81. The fraction of sp³-hybridized carbons (Fsp3) is 0.538. The predicted octanol–water partition coefficient (Wildman–Crippen LogP) is 1.90. The second-order valence-electron chi connectivity index (χ2n) is 4.64. The zero-order valence-electron chi connectivity index (χ0n) is 12.2. The van der Waals surface area contributed by atoms with E-state index in [1.54, 1.807) is 6.92 Å². The third kappa shape index (κ3) is 5.19. The summed E-state index contributed by atoms with van der Waals surface area (Å²) in [4.78, 5) is -0.453. The maximum Gasteiger partial charge on any atom is 0.243 e. The molecule has 0 saturated heterocycles. The van der Waals surface area contributed by atoms with E-state index < -0.39 is 26.8 Å². The molecule has 0 radical (unpaired) electrons. The van der Waals surface area contributed by atoms with Gasteiger partial charge in [-0.3, -0.25) is 0 Å². The average molecular weight is 339 g/mol. The zero-order valence-corrected chi connectivity index (χ0v) is 13.8. The molecule has 1 aromatic rings. The first-order valence-electron chi connectivity index (χ1n) is 6.51. The van der Waals surface area contributed by atoms with Crippen LogP contribution in [0.4, 0.5) is 4.39 Å². The van der Waals surface area contributed by atoms with Crippen molar-refractivity contribution < 1.29 is 17.5 Å². The molecule has 0 amide bonds. The highest BCUT2D eigenvalue weighted by Crippen LogP contribution is 2.24. The first kappa shape index (κ1) is 18.3. The highest BCUT2D eigenvalue weighted by molar-refractivity contribution is 7.89. The van der Waals surface area contributed by atoms with Crippen molar-refractivity contribution in [3.05, 3.63) is 28.5 Å². The molecule has 0 aliphatic heterocycles. The van der Waals surface area contributed by atoms with Crippen molar-refractivity contribution in [2.24, 2.45) is 0 Å². The number of hydrogen-bond acceptors (Lipinski definition) is 4. The summed E-state index contributed by atoms with van der Waals surface area (Å²) in [6.45, 7) is 4.53. The number of sulfonamides is 1. The third-order valence-corrected chi connectivity index (χ3v) is 4.51. The third-order valence-electron chi connectivity index (χ3n) is 2.71. The van der Waals surface area contributed by atoms with Gasteiger partial charge in [-0.15, -0.1) is 0 Å². The quantitative estimate of drug-likeness (QED) is 0.759. The summed E-state index contributed by atoms with van der Waals surface area (Å²) in [5, 5.41) is 3.11. The molecule has 120 valence electrons. The number of benzene rings is 1. The Morgan fingerprint density at radius 3 is 2.67 bits per heavy atom. The first-order valence-corrected chi connectivity index (χ1v) is 8.37. The van der Waals surface area contributed by atoms with Crippen molar-refractivity contribution >= 4 is 21.6 Å². The average Bonchev–Trinajstić information content (AvgIpc) is 2.38. The van der Waals surface area contributed by atoms with Gasteiger partial charge in [0.05, 0.1) is 6.61 Å². The van der Waals surface area contributed by atoms with Gasteiger partial charge in [0.15, 0.2) is 0 Å². The van der Waals surface area contributed by atoms with Crippen LogP contribution in [0.3, 0.4) is 0 Å². The Hall–Kier alpha value is -0.730. The largest absolute Gasteiger partial charge is 0.383 e. The van der Waals surface area contributed by atoms with Crippen molar-refractivity contribution in [2.45, 2.75) is 31.3 Å². The van der Waals surface area contributed by atoms with E-state index in [2.05, 4.69) is 10.0 Å². The van der Waals surface area contributed by atoms with Gasteiger partial charge in [-0.2, -0.15) is 0 Å². The predicted molar refractivity (Wildman–Crippen MR) is 80.5 cm³/mol. The molecule has 21 heavy (non-hydrogen) atoms. The van der Waals surface area contributed by atoms with Gasteiger partial charge in [0.25, 0.3) is 0 Å². The minimum Gasteiger partial charge on any atom is -0.383 e. The van der Waals surface area contributed by atoms with Gasteiger partial charge in [0.1, 0.15) is 10.7 Å². The van der Waals surface area contributed by atoms with E-state index in [-0.39, 0.29) is 23.7 Å². The molecule has 0 aliphatic rings. The van der Waals surface area contributed by atoms with Gasteiger partial charge in [-0.25, -0.2) is 17.5 Å². The van der Waals surface area contributed by atoms with Gasteiger partial charge in [-0.1, -0.05) is 18.5 Å². The van der Waals surface area contributed by atoms with E-state index in [1.807, 2.05) is 6.92 Å². The molecule has 0 spiro atoms. The Morgan fingerprint density at radius 2 is 2.10 bits per heavy atom. The van der Waals surface area contributed by atoms with E-state index in [4.69, 9.17) is 16.3 Å². The van der Waals surface area contributed by atoms with Crippen molar-refractivity contribution in [1.29, 1.82) is 0 Å². The summed E-state index contributed by atoms with van der Waals surface area (Å²) in [5.41, 5.74) is 0.212. The van der Waals surface area contributed by atoms with Gasteiger partial charge in [0.2, 0.25) is 10.0 Å². The summed E-state index contributed by atoms with van der Waals surface area (Å²) in [6.07, 6.45) is 0. The molecular formula is C13H20ClFN2O3S. The normalized spacial score (nSPS) is 13.4. The van der Waals surface area contributed by atoms with Crippen molar-refractivity contribution in [3.63, 3.8) is 0 Å². The highest BCUT2D eigenvalue weighted by atomic mass is 35.5. The molecule has 0 aromatic heterocycles. The second-order valence-corrected chi connectivity index (χ2v) is 6.75. The number of methoxy groups -OCH3 is 1. The summed E-state index contributed by atoms with van der Waals surface area (Å²) < 4.78 is 46.0. The standard InChI is InChI=1S/C13H20ClFN2O3S/c1-4-16-7-10-5-11(14)6-12(13(10)15)21(18,19)17-9(2)8-20-3/h5-6,9,16-17H,4,7-8H2,1-3H3. The van der Waals surface area contributed by atoms with Crippen molar-refractivity contribution in [2.75, 3.05) is 20.3 Å². The van der Waals surface area contributed by atoms with E-state index in [0.717, 1.165) is 6.07 Å². The van der Waals surface area contributed by atoms with E-state index >= 15 is 0 Å². The summed E-state index contributed by atoms with van der Waals surface area (Å²) in [6, 6.07) is 2.04. The van der Waals surface area contributed by atoms with Crippen LogP contribution in [0.15, 0.2) is 17.0 Å². The molecule has 0 saturated carbocycles. The van der Waals surface area contributed by atoms with Crippen LogP contribution in [0.2, 0.25) is 5.02 Å². The molecule has 1 aromatic carbocycles. The zero-order chi connectivity index (χ0) is 16.0. The van der Waals surface area contributed by atoms with Crippen LogP contribution in [-0.4, -0.2) is 34.7 Å². The van der Waals surface area contributed by atoms with Gasteiger partial charge in [-0.05, 0) is 25.6 Å². The van der Waals surface area contributed by atoms with Crippen molar-refractivity contribution in [3.8, 4) is 0 Å². The van der Waals surface area contributed by atoms with Crippen LogP contribution in [0.25, 0.3) is 0 Å². The number of nitrogens with one attached hydrogen (secondary N) is 2. The molecule has 1 unspecified atom stereocenters. The molecule has 2 N–H and O–H groups in total. The molecule has 5 nitrogen and oxygen atoms in total. The van der Waals surface area contributed by atoms with Crippen LogP contribution in [-0.2, 0) is 21.3 Å². The lowest BCUT2D eigenvalue weighted by molar-refractivity contribution is 0.180. The molecule has 0 bridgehead atoms. The van der Waals surface area contributed by atoms with Gasteiger partial charge < -0.3 is 10.1 Å². The Morgan fingerprint density at radius 1 is 1.43 bits per heavy atom. The number of rotatable bonds is 8. The fourth-order valence-corrected chi connectivity index (χ4v) is 3.49. The second kappa shape index (κ2) is 8.05. The van der Waals surface area contributed by atoms with Crippen LogP contribution >= 0.6 is 11.6 Å². The lowest BCUT2D eigenvalue weighted by Crippen LogP contribution is -2.36. The summed E-state index contributed by atoms with van der Waals surface area (Å²) in [5.74, 6) is -0.794. The van der Waals surface area contributed by atoms with E-state index in [0.29, 0.717) is 6.54 Å². The minimum absolute atomic E-state index is 0.170. The summed E-state index contributed by atoms with van der Waals surface area (Å²) in [7, 11) is -2.54. The van der Waals surface area contributed by atoms with Crippen molar-refractivity contribution in [1.82, 2.24) is 10.0 Å². The Kier molecular flexibility index (Phi) is 7.02. The number of halogens is 2. The SMILES string of the molecule is CCNCc1cc(Cl)cc(S(=O)(=O)NC(C)COC)c1F. The molecule has 1 atom stereocenters. The van der Waals surface area contributed by atoms with Gasteiger partial charge >= 0.3 is 0 Å². The van der Waals surface area contributed by atoms with Crippen LogP contribution in [0.5, 0.6) is 0 Å². The van der Waals surface area contributed by atoms with Crippen LogP contribution in [0.1, 0.15) is 19.4 Å². The molecule has 0 fully saturated rings. The topological polar surface area (TPSA) is 67.4 Å². The molecule has 0 heterocycles. The number of hydrogen-bond donors (Lipinski definition) is 2. The smallest absolute Gasteiger partial charge is 0.243 e. The van der Waals surface area contributed by atoms with E-state index in [1.165, 1.54) is 13.2 Å². The fourth-order valence-electron chi connectivity index (χ4n) is 1.81. The molecule has 1 rings (SSSR count). The van der Waals surface area contributed by atoms with Crippen LogP contribution in [0, 0.1) is 5.82 Å². The van der Waals surface area contributed by atoms with Crippen LogP contribution < -0.4 is 10.0 Å². The Bertz CT molecular complexity index is 581. The van der Waals surface area contributed by atoms with Gasteiger partial charge in [0, 0.05) is 30.3 Å². The van der Waals surface area contributed by atoms with E-state index in [9.17, 15) is 12.8 Å². The maximum absolute atomic E-state index is 14.4. The Labute approximate surface area is 129 Å². The molecular weight excluding hydrogens is 319 g/mol. The number of ether oxygens (including phenoxy) is 1. The highest BCUT2D eigenvalue weighted by Gasteiger charge is 2.24. The maximum atomic E-state index is 14.4. The monoisotopic (exact) mass is 338 g/mol.